The molecule has 0 unspecified atom stereocenters. The second kappa shape index (κ2) is 4.48. The lowest BCUT2D eigenvalue weighted by Gasteiger charge is -2.27. The highest BCUT2D eigenvalue weighted by molar-refractivity contribution is 6.95. The van der Waals surface area contributed by atoms with Crippen LogP contribution in [0.15, 0.2) is 43.1 Å². The smallest absolute Gasteiger partial charge is 0.264 e. The van der Waals surface area contributed by atoms with E-state index in [0.29, 0.717) is 0 Å². The molecule has 0 saturated heterocycles. The lowest BCUT2D eigenvalue weighted by atomic mass is 9.33. The van der Waals surface area contributed by atoms with Crippen molar-refractivity contribution in [2.24, 2.45) is 14.1 Å². The second-order valence-electron chi connectivity index (χ2n) is 6.56. The first-order valence-electron chi connectivity index (χ1n) is 8.00. The first-order valence-corrected chi connectivity index (χ1v) is 8.00. The normalized spacial score (nSPS) is 14.1. The van der Waals surface area contributed by atoms with Crippen LogP contribution >= 0.6 is 0 Å². The zero-order valence-electron chi connectivity index (χ0n) is 13.3. The lowest BCUT2D eigenvalue weighted by molar-refractivity contribution is -0.659. The summed E-state index contributed by atoms with van der Waals surface area (Å²) in [5, 5.41) is 0. The zero-order valence-corrected chi connectivity index (χ0v) is 13.3. The molecular formula is C18H17BN4+2. The number of pyridine rings is 2. The Morgan fingerprint density at radius 2 is 1.74 bits per heavy atom. The molecule has 0 radical (unpaired) electrons. The molecule has 0 spiro atoms. The summed E-state index contributed by atoms with van der Waals surface area (Å²) >= 11 is 0. The molecule has 5 rings (SSSR count). The first kappa shape index (κ1) is 12.9. The molecule has 5 heteroatoms. The van der Waals surface area contributed by atoms with E-state index in [4.69, 9.17) is 0 Å². The third kappa shape index (κ3) is 1.67. The fourth-order valence-electron chi connectivity index (χ4n) is 4.30. The van der Waals surface area contributed by atoms with Crippen molar-refractivity contribution in [2.75, 3.05) is 0 Å². The van der Waals surface area contributed by atoms with Gasteiger partial charge in [-0.05, 0) is 22.7 Å². The second-order valence-corrected chi connectivity index (χ2v) is 6.56. The minimum absolute atomic E-state index is 0.250. The van der Waals surface area contributed by atoms with Crippen LogP contribution in [0.4, 0.5) is 0 Å². The molecule has 0 aromatic carbocycles. The van der Waals surface area contributed by atoms with Crippen molar-refractivity contribution in [1.29, 1.82) is 0 Å². The van der Waals surface area contributed by atoms with Gasteiger partial charge in [0.25, 0.3) is 0 Å². The molecule has 23 heavy (non-hydrogen) atoms. The van der Waals surface area contributed by atoms with Gasteiger partial charge in [0.05, 0.1) is 6.20 Å². The van der Waals surface area contributed by atoms with Gasteiger partial charge in [0, 0.05) is 36.9 Å². The van der Waals surface area contributed by atoms with E-state index in [1.165, 1.54) is 39.0 Å². The quantitative estimate of drug-likeness (QED) is 0.256. The molecule has 2 aliphatic rings. The number of hydrogen-bond acceptors (Lipinski definition) is 2. The van der Waals surface area contributed by atoms with Crippen LogP contribution in [0.25, 0.3) is 0 Å². The maximum absolute atomic E-state index is 4.68. The van der Waals surface area contributed by atoms with Crippen molar-refractivity contribution in [2.45, 2.75) is 12.8 Å². The van der Waals surface area contributed by atoms with E-state index in [1.807, 2.05) is 18.6 Å². The minimum atomic E-state index is 0.250. The molecule has 0 saturated carbocycles. The highest BCUT2D eigenvalue weighted by Crippen LogP contribution is 2.18. The van der Waals surface area contributed by atoms with Crippen LogP contribution < -0.4 is 25.8 Å². The van der Waals surface area contributed by atoms with Gasteiger partial charge < -0.3 is 0 Å². The summed E-state index contributed by atoms with van der Waals surface area (Å²) in [5.41, 5.74) is 9.40. The largest absolute Gasteiger partial charge is 0.409 e. The summed E-state index contributed by atoms with van der Waals surface area (Å²) in [6.45, 7) is 0.250. The Kier molecular flexibility index (Phi) is 2.52. The van der Waals surface area contributed by atoms with Crippen molar-refractivity contribution < 1.29 is 9.13 Å². The number of rotatable bonds is 0. The fourth-order valence-corrected chi connectivity index (χ4v) is 4.30. The van der Waals surface area contributed by atoms with E-state index in [1.54, 1.807) is 0 Å². The van der Waals surface area contributed by atoms with Gasteiger partial charge in [0.1, 0.15) is 19.8 Å². The van der Waals surface area contributed by atoms with Gasteiger partial charge in [-0.15, -0.1) is 0 Å². The maximum atomic E-state index is 4.68. The number of nitrogens with zero attached hydrogens (tertiary/aromatic N) is 4. The zero-order chi connectivity index (χ0) is 15.6. The maximum Gasteiger partial charge on any atom is 0.409 e. The van der Waals surface area contributed by atoms with E-state index in [0.717, 1.165) is 12.8 Å². The molecule has 0 bridgehead atoms. The van der Waals surface area contributed by atoms with Crippen LogP contribution in [-0.2, 0) is 26.9 Å². The van der Waals surface area contributed by atoms with E-state index < -0.39 is 0 Å². The standard InChI is InChI=1S/C18H17BN4/c1-22-6-3-4-12-8-13-10-20-11-14-9-15-18(23(2)7-5-21-15)19(16(13)14)17(12)22/h3-7,10-11H,8-9H2,1-2H3/q+2. The number of aryl methyl sites for hydroxylation is 2. The highest BCUT2D eigenvalue weighted by Gasteiger charge is 2.48. The van der Waals surface area contributed by atoms with Crippen molar-refractivity contribution >= 4 is 23.4 Å². The molecule has 4 nitrogen and oxygen atoms in total. The summed E-state index contributed by atoms with van der Waals surface area (Å²) < 4.78 is 4.51. The van der Waals surface area contributed by atoms with Gasteiger partial charge in [0.2, 0.25) is 0 Å². The topological polar surface area (TPSA) is 33.5 Å². The van der Waals surface area contributed by atoms with Crippen molar-refractivity contribution in [3.05, 3.63) is 65.5 Å². The van der Waals surface area contributed by atoms with Crippen LogP contribution in [0.1, 0.15) is 22.4 Å². The summed E-state index contributed by atoms with van der Waals surface area (Å²) in [4.78, 5) is 9.16. The summed E-state index contributed by atoms with van der Waals surface area (Å²) in [6.07, 6.45) is 12.0. The third-order valence-electron chi connectivity index (χ3n) is 5.24. The monoisotopic (exact) mass is 300 g/mol. The van der Waals surface area contributed by atoms with Gasteiger partial charge in [-0.2, -0.15) is 0 Å². The van der Waals surface area contributed by atoms with Crippen molar-refractivity contribution in [3.8, 4) is 0 Å². The lowest BCUT2D eigenvalue weighted by Crippen LogP contribution is -2.75. The SMILES string of the molecule is C[n+]1cccc2c1B1c3c(cncc3Cc3ncc[n+](C)c31)C2. The Balaban J connectivity index is 1.91. The number of hydrogen-bond donors (Lipinski definition) is 0. The van der Waals surface area contributed by atoms with E-state index >= 15 is 0 Å². The summed E-state index contributed by atoms with van der Waals surface area (Å²) in [7, 11) is 4.28. The van der Waals surface area contributed by atoms with Gasteiger partial charge in [0.15, 0.2) is 23.6 Å². The molecule has 0 amide bonds. The molecule has 110 valence electrons. The summed E-state index contributed by atoms with van der Waals surface area (Å²) in [5.74, 6) is 0. The first-order chi connectivity index (χ1) is 11.2. The van der Waals surface area contributed by atoms with Crippen molar-refractivity contribution in [3.63, 3.8) is 0 Å². The van der Waals surface area contributed by atoms with Crippen molar-refractivity contribution in [1.82, 2.24) is 9.97 Å². The average Bonchev–Trinajstić information content (AvgIpc) is 2.55. The molecule has 3 aromatic heterocycles. The Morgan fingerprint density at radius 1 is 0.957 bits per heavy atom. The molecule has 3 aromatic rings. The Labute approximate surface area is 135 Å². The summed E-state index contributed by atoms with van der Waals surface area (Å²) in [6, 6.07) is 4.38. The molecule has 5 heterocycles. The Bertz CT molecular complexity index is 861. The number of fused-ring (bicyclic) bond motifs is 4. The minimum Gasteiger partial charge on any atom is -0.264 e. The van der Waals surface area contributed by atoms with Gasteiger partial charge in [-0.3, -0.25) is 4.98 Å². The fraction of sp³-hybridized carbons (Fsp3) is 0.222. The third-order valence-corrected chi connectivity index (χ3v) is 5.24. The molecule has 0 aliphatic carbocycles. The van der Waals surface area contributed by atoms with Crippen LogP contribution in [-0.4, -0.2) is 16.7 Å². The van der Waals surface area contributed by atoms with Gasteiger partial charge >= 0.3 is 6.71 Å². The van der Waals surface area contributed by atoms with E-state index in [9.17, 15) is 0 Å². The Hall–Kier alpha value is -2.56. The average molecular weight is 300 g/mol. The van der Waals surface area contributed by atoms with Crippen LogP contribution in [0.5, 0.6) is 0 Å². The predicted molar refractivity (Wildman–Crippen MR) is 87.5 cm³/mol. The van der Waals surface area contributed by atoms with E-state index in [-0.39, 0.29) is 6.71 Å². The molecule has 2 aliphatic heterocycles. The highest BCUT2D eigenvalue weighted by atomic mass is 15.0. The molecule has 0 fully saturated rings. The molecular weight excluding hydrogens is 283 g/mol. The van der Waals surface area contributed by atoms with Crippen LogP contribution in [0, 0.1) is 0 Å². The molecule has 0 atom stereocenters. The van der Waals surface area contributed by atoms with Crippen LogP contribution in [0.3, 0.4) is 0 Å². The van der Waals surface area contributed by atoms with E-state index in [2.05, 4.69) is 57.7 Å². The van der Waals surface area contributed by atoms with Gasteiger partial charge in [-0.25, -0.2) is 14.1 Å². The van der Waals surface area contributed by atoms with Crippen LogP contribution in [0.2, 0.25) is 0 Å². The Morgan fingerprint density at radius 3 is 2.61 bits per heavy atom. The number of aromatic nitrogens is 4. The molecule has 0 N–H and O–H groups in total. The predicted octanol–water partition coefficient (Wildman–Crippen LogP) is -1.55. The van der Waals surface area contributed by atoms with Gasteiger partial charge in [-0.1, -0.05) is 0 Å².